The molecular weight excluding hydrogens is 212 g/mol. The van der Waals surface area contributed by atoms with E-state index in [-0.39, 0.29) is 0 Å². The maximum Gasteiger partial charge on any atom is 0.226 e. The van der Waals surface area contributed by atoms with Crippen LogP contribution in [-0.4, -0.2) is 29.9 Å². The van der Waals surface area contributed by atoms with E-state index < -0.39 is 0 Å². The molecule has 96 valence electrons. The highest BCUT2D eigenvalue weighted by Crippen LogP contribution is 2.26. The fraction of sp³-hybridized carbons (Fsp3) is 0.786. The molecule has 0 aromatic heterocycles. The van der Waals surface area contributed by atoms with Gasteiger partial charge >= 0.3 is 0 Å². The first-order valence-corrected chi connectivity index (χ1v) is 6.88. The Morgan fingerprint density at radius 3 is 2.94 bits per heavy atom. The van der Waals surface area contributed by atoms with E-state index in [0.717, 1.165) is 25.8 Å². The van der Waals surface area contributed by atoms with E-state index in [9.17, 15) is 4.79 Å². The summed E-state index contributed by atoms with van der Waals surface area (Å²) in [5, 5.41) is 0. The molecule has 3 nitrogen and oxygen atoms in total. The Balaban J connectivity index is 1.89. The predicted molar refractivity (Wildman–Crippen MR) is 69.5 cm³/mol. The first-order chi connectivity index (χ1) is 8.20. The average Bonchev–Trinajstić information content (AvgIpc) is 2.72. The first kappa shape index (κ1) is 12.6. The Labute approximate surface area is 104 Å². The topological polar surface area (TPSA) is 46.3 Å². The molecule has 1 heterocycles. The largest absolute Gasteiger partial charge is 0.339 e. The van der Waals surface area contributed by atoms with Gasteiger partial charge in [-0.3, -0.25) is 4.79 Å². The molecule has 1 aliphatic carbocycles. The highest BCUT2D eigenvalue weighted by Gasteiger charge is 2.31. The van der Waals surface area contributed by atoms with Crippen LogP contribution in [0.1, 0.15) is 45.4 Å². The molecule has 0 spiro atoms. The molecule has 2 atom stereocenters. The van der Waals surface area contributed by atoms with Crippen LogP contribution in [0.25, 0.3) is 0 Å². The van der Waals surface area contributed by atoms with Crippen LogP contribution in [-0.2, 0) is 4.79 Å². The summed E-state index contributed by atoms with van der Waals surface area (Å²) in [7, 11) is 0. The normalized spacial score (nSPS) is 29.3. The molecule has 1 aliphatic heterocycles. The summed E-state index contributed by atoms with van der Waals surface area (Å²) in [4.78, 5) is 14.3. The van der Waals surface area contributed by atoms with E-state index in [2.05, 4.69) is 13.0 Å². The first-order valence-electron chi connectivity index (χ1n) is 6.88. The lowest BCUT2D eigenvalue weighted by atomic mass is 9.97. The van der Waals surface area contributed by atoms with Crippen molar-refractivity contribution in [3.8, 4) is 0 Å². The van der Waals surface area contributed by atoms with Crippen molar-refractivity contribution in [2.45, 2.75) is 51.5 Å². The smallest absolute Gasteiger partial charge is 0.226 e. The van der Waals surface area contributed by atoms with Gasteiger partial charge in [-0.2, -0.15) is 0 Å². The van der Waals surface area contributed by atoms with Crippen LogP contribution in [0.5, 0.6) is 0 Å². The molecule has 0 radical (unpaired) electrons. The number of nitrogens with zero attached hydrogens (tertiary/aromatic N) is 1. The molecule has 1 fully saturated rings. The third-order valence-corrected chi connectivity index (χ3v) is 4.08. The van der Waals surface area contributed by atoms with Gasteiger partial charge in [0.2, 0.25) is 5.91 Å². The van der Waals surface area contributed by atoms with Crippen LogP contribution in [0.4, 0.5) is 0 Å². The number of amides is 1. The second-order valence-corrected chi connectivity index (χ2v) is 5.52. The number of hydrogen-bond donors (Lipinski definition) is 1. The molecular formula is C14H24N2O. The van der Waals surface area contributed by atoms with Gasteiger partial charge in [-0.25, -0.2) is 0 Å². The molecule has 1 saturated heterocycles. The monoisotopic (exact) mass is 236 g/mol. The Kier molecular flexibility index (Phi) is 4.21. The molecule has 0 saturated carbocycles. The summed E-state index contributed by atoms with van der Waals surface area (Å²) in [6, 6.07) is 0.375. The number of allylic oxidation sites excluding steroid dienone is 1. The highest BCUT2D eigenvalue weighted by molar-refractivity contribution is 5.79. The van der Waals surface area contributed by atoms with Gasteiger partial charge in [-0.1, -0.05) is 11.6 Å². The van der Waals surface area contributed by atoms with Gasteiger partial charge < -0.3 is 10.6 Å². The lowest BCUT2D eigenvalue weighted by molar-refractivity contribution is -0.131. The zero-order valence-electron chi connectivity index (χ0n) is 10.8. The Hall–Kier alpha value is -0.830. The molecule has 17 heavy (non-hydrogen) atoms. The number of nitrogens with two attached hydrogens (primary N) is 1. The van der Waals surface area contributed by atoms with E-state index in [1.54, 1.807) is 0 Å². The van der Waals surface area contributed by atoms with Crippen molar-refractivity contribution in [2.24, 2.45) is 11.7 Å². The fourth-order valence-electron chi connectivity index (χ4n) is 3.02. The summed E-state index contributed by atoms with van der Waals surface area (Å²) in [6.07, 6.45) is 8.79. The SMILES string of the molecule is CC1CC(CN)CN1C(=O)CC1=CCCCC1. The van der Waals surface area contributed by atoms with Gasteiger partial charge in [0.25, 0.3) is 0 Å². The van der Waals surface area contributed by atoms with Gasteiger partial charge in [0, 0.05) is 19.0 Å². The van der Waals surface area contributed by atoms with Crippen molar-refractivity contribution in [3.05, 3.63) is 11.6 Å². The number of likely N-dealkylation sites (tertiary alicyclic amines) is 1. The van der Waals surface area contributed by atoms with E-state index in [0.29, 0.717) is 30.8 Å². The second-order valence-electron chi connectivity index (χ2n) is 5.52. The molecule has 3 heteroatoms. The Morgan fingerprint density at radius 2 is 2.35 bits per heavy atom. The Morgan fingerprint density at radius 1 is 1.53 bits per heavy atom. The van der Waals surface area contributed by atoms with Crippen molar-refractivity contribution >= 4 is 5.91 Å². The van der Waals surface area contributed by atoms with Crippen molar-refractivity contribution in [1.82, 2.24) is 4.90 Å². The third kappa shape index (κ3) is 3.09. The van der Waals surface area contributed by atoms with Crippen molar-refractivity contribution in [1.29, 1.82) is 0 Å². The molecule has 0 aromatic carbocycles. The summed E-state index contributed by atoms with van der Waals surface area (Å²) in [6.45, 7) is 3.71. The molecule has 0 aromatic rings. The number of carbonyl (C=O) groups is 1. The predicted octanol–water partition coefficient (Wildman–Crippen LogP) is 2.07. The summed E-state index contributed by atoms with van der Waals surface area (Å²) < 4.78 is 0. The highest BCUT2D eigenvalue weighted by atomic mass is 16.2. The summed E-state index contributed by atoms with van der Waals surface area (Å²) >= 11 is 0. The number of rotatable bonds is 3. The van der Waals surface area contributed by atoms with E-state index in [4.69, 9.17) is 5.73 Å². The van der Waals surface area contributed by atoms with Gasteiger partial charge in [0.1, 0.15) is 0 Å². The standard InChI is InChI=1S/C14H24N2O/c1-11-7-13(9-15)10-16(11)14(17)8-12-5-3-2-4-6-12/h5,11,13H,2-4,6-10,15H2,1H3. The van der Waals surface area contributed by atoms with Gasteiger partial charge in [-0.05, 0) is 51.5 Å². The lowest BCUT2D eigenvalue weighted by Crippen LogP contribution is -2.34. The van der Waals surface area contributed by atoms with Gasteiger partial charge in [-0.15, -0.1) is 0 Å². The zero-order valence-corrected chi connectivity index (χ0v) is 10.8. The van der Waals surface area contributed by atoms with Crippen LogP contribution in [0.15, 0.2) is 11.6 Å². The number of carbonyl (C=O) groups excluding carboxylic acids is 1. The molecule has 2 N–H and O–H groups in total. The number of hydrogen-bond acceptors (Lipinski definition) is 2. The Bertz CT molecular complexity index is 311. The van der Waals surface area contributed by atoms with Gasteiger partial charge in [0.15, 0.2) is 0 Å². The zero-order chi connectivity index (χ0) is 12.3. The van der Waals surface area contributed by atoms with Crippen molar-refractivity contribution in [2.75, 3.05) is 13.1 Å². The molecule has 2 rings (SSSR count). The van der Waals surface area contributed by atoms with E-state index in [1.165, 1.54) is 18.4 Å². The van der Waals surface area contributed by atoms with Crippen LogP contribution < -0.4 is 5.73 Å². The molecule has 2 aliphatic rings. The molecule has 1 amide bonds. The fourth-order valence-corrected chi connectivity index (χ4v) is 3.02. The van der Waals surface area contributed by atoms with Crippen molar-refractivity contribution < 1.29 is 4.79 Å². The lowest BCUT2D eigenvalue weighted by Gasteiger charge is -2.23. The average molecular weight is 236 g/mol. The quantitative estimate of drug-likeness (QED) is 0.763. The minimum atomic E-state index is 0.307. The van der Waals surface area contributed by atoms with Crippen LogP contribution in [0, 0.1) is 5.92 Å². The maximum atomic E-state index is 12.2. The minimum Gasteiger partial charge on any atom is -0.339 e. The molecule has 0 bridgehead atoms. The van der Waals surface area contributed by atoms with Crippen molar-refractivity contribution in [3.63, 3.8) is 0 Å². The third-order valence-electron chi connectivity index (χ3n) is 4.08. The summed E-state index contributed by atoms with van der Waals surface area (Å²) in [5.41, 5.74) is 7.04. The minimum absolute atomic E-state index is 0.307. The van der Waals surface area contributed by atoms with Crippen LogP contribution >= 0.6 is 0 Å². The second kappa shape index (κ2) is 5.67. The van der Waals surface area contributed by atoms with E-state index >= 15 is 0 Å². The summed E-state index contributed by atoms with van der Waals surface area (Å²) in [5.74, 6) is 0.816. The molecule has 2 unspecified atom stereocenters. The van der Waals surface area contributed by atoms with Crippen LogP contribution in [0.2, 0.25) is 0 Å². The van der Waals surface area contributed by atoms with Gasteiger partial charge in [0.05, 0.1) is 0 Å². The van der Waals surface area contributed by atoms with E-state index in [1.807, 2.05) is 4.90 Å². The maximum absolute atomic E-state index is 12.2. The van der Waals surface area contributed by atoms with Crippen LogP contribution in [0.3, 0.4) is 0 Å².